The van der Waals surface area contributed by atoms with Gasteiger partial charge in [-0.1, -0.05) is 56.7 Å². The zero-order valence-corrected chi connectivity index (χ0v) is 27.5. The van der Waals surface area contributed by atoms with Gasteiger partial charge in [-0.2, -0.15) is 0 Å². The fraction of sp³-hybridized carbons (Fsp3) is 0.556. The molecule has 1 spiro atoms. The molecule has 2 saturated carbocycles. The van der Waals surface area contributed by atoms with Gasteiger partial charge in [-0.3, -0.25) is 9.69 Å². The number of hydrogen-bond acceptors (Lipinski definition) is 6. The molecule has 2 aromatic carbocycles. The number of Topliss-reactive ketones (excluding diaryl/α,β-unsaturated/α-hetero) is 1. The summed E-state index contributed by atoms with van der Waals surface area (Å²) in [6, 6.07) is 12.4. The third kappa shape index (κ3) is 4.44. The van der Waals surface area contributed by atoms with E-state index in [1.54, 1.807) is 6.08 Å². The summed E-state index contributed by atoms with van der Waals surface area (Å²) in [4.78, 5) is 30.1. The third-order valence-corrected chi connectivity index (χ3v) is 15.8. The summed E-state index contributed by atoms with van der Waals surface area (Å²) >= 11 is 0. The van der Waals surface area contributed by atoms with Crippen LogP contribution in [0.1, 0.15) is 75.1 Å². The van der Waals surface area contributed by atoms with E-state index in [9.17, 15) is 9.59 Å². The maximum Gasteiger partial charge on any atom is 0.331 e. The Bertz CT molecular complexity index is 1500. The molecule has 7 rings (SSSR count). The Morgan fingerprint density at radius 2 is 1.86 bits per heavy atom. The van der Waals surface area contributed by atoms with Crippen LogP contribution in [-0.2, 0) is 26.2 Å². The van der Waals surface area contributed by atoms with E-state index in [4.69, 9.17) is 13.9 Å². The SMILES string of the molecule is Cc1ccc(/C=C/C(=O)O[C@@]23CCC(=O)[C@@H]4Oc5c(O[Si](C)(C)C(C)(C)C)ccc6c5[C@@]42CCN(CC2CC2)[C@@H]3C6)cc1. The van der Waals surface area contributed by atoms with Crippen LogP contribution in [0.3, 0.4) is 0 Å². The number of aryl methyl sites for hydroxylation is 1. The van der Waals surface area contributed by atoms with Gasteiger partial charge >= 0.3 is 5.97 Å². The van der Waals surface area contributed by atoms with Crippen molar-refractivity contribution in [2.45, 2.75) is 108 Å². The average Bonchev–Trinajstić information content (AvgIpc) is 3.69. The lowest BCUT2D eigenvalue weighted by molar-refractivity contribution is -0.212. The number of carbonyl (C=O) groups is 2. The predicted molar refractivity (Wildman–Crippen MR) is 170 cm³/mol. The molecule has 7 heteroatoms. The fourth-order valence-corrected chi connectivity index (χ4v) is 9.01. The van der Waals surface area contributed by atoms with Crippen molar-refractivity contribution in [3.8, 4) is 11.5 Å². The van der Waals surface area contributed by atoms with Gasteiger partial charge in [-0.15, -0.1) is 0 Å². The average molecular weight is 600 g/mol. The van der Waals surface area contributed by atoms with E-state index in [0.717, 1.165) is 42.8 Å². The first kappa shape index (κ1) is 28.8. The van der Waals surface area contributed by atoms with Gasteiger partial charge in [0.15, 0.2) is 17.6 Å². The first-order chi connectivity index (χ1) is 20.3. The molecule has 5 aliphatic rings. The standard InChI is InChI=1S/C36H45NO5Si/c1-23-7-9-24(10-8-23)13-16-30(39)41-36-18-17-27(38)33-35(36)19-20-37(22-25-11-12-25)29(36)21-26-14-15-28(32(40-33)31(26)35)42-43(5,6)34(2,3)4/h7-10,13-16,25,29,33H,11-12,17-22H2,1-6H3/b16-13+/t29-,33+,35+,36-/m1/s1. The number of rotatable bonds is 7. The van der Waals surface area contributed by atoms with Crippen molar-refractivity contribution in [2.75, 3.05) is 13.1 Å². The lowest BCUT2D eigenvalue weighted by Crippen LogP contribution is -2.77. The highest BCUT2D eigenvalue weighted by Gasteiger charge is 2.75. The highest BCUT2D eigenvalue weighted by Crippen LogP contribution is 2.66. The van der Waals surface area contributed by atoms with Gasteiger partial charge in [0.1, 0.15) is 11.4 Å². The summed E-state index contributed by atoms with van der Waals surface area (Å²) in [5.74, 6) is 1.92. The quantitative estimate of drug-likeness (QED) is 0.199. The molecular weight excluding hydrogens is 554 g/mol. The van der Waals surface area contributed by atoms with E-state index in [-0.39, 0.29) is 22.8 Å². The Labute approximate surface area is 256 Å². The Kier molecular flexibility index (Phi) is 6.57. The lowest BCUT2D eigenvalue weighted by atomic mass is 9.48. The molecule has 6 nitrogen and oxygen atoms in total. The summed E-state index contributed by atoms with van der Waals surface area (Å²) in [7, 11) is -2.19. The summed E-state index contributed by atoms with van der Waals surface area (Å²) in [6.45, 7) is 15.1. The zero-order chi connectivity index (χ0) is 30.4. The van der Waals surface area contributed by atoms with Gasteiger partial charge in [-0.25, -0.2) is 4.79 Å². The monoisotopic (exact) mass is 599 g/mol. The molecule has 0 unspecified atom stereocenters. The zero-order valence-electron chi connectivity index (χ0n) is 26.5. The number of piperidine rings is 1. The van der Waals surface area contributed by atoms with Gasteiger partial charge < -0.3 is 13.9 Å². The molecule has 0 aromatic heterocycles. The molecule has 1 saturated heterocycles. The fourth-order valence-electron chi connectivity index (χ4n) is 8.00. The van der Waals surface area contributed by atoms with E-state index >= 15 is 0 Å². The van der Waals surface area contributed by atoms with E-state index in [1.807, 2.05) is 30.3 Å². The van der Waals surface area contributed by atoms with Crippen LogP contribution in [0.4, 0.5) is 0 Å². The molecule has 43 heavy (non-hydrogen) atoms. The molecule has 2 heterocycles. The van der Waals surface area contributed by atoms with Crippen LogP contribution in [0.25, 0.3) is 6.08 Å². The molecule has 2 aromatic rings. The maximum atomic E-state index is 13.8. The second-order valence-electron chi connectivity index (χ2n) is 15.2. The molecule has 0 amide bonds. The minimum atomic E-state index is -2.19. The smallest absolute Gasteiger partial charge is 0.331 e. The Morgan fingerprint density at radius 1 is 1.12 bits per heavy atom. The van der Waals surface area contributed by atoms with Crippen molar-refractivity contribution in [1.82, 2.24) is 4.90 Å². The largest absolute Gasteiger partial charge is 0.541 e. The first-order valence-electron chi connectivity index (χ1n) is 16.1. The lowest BCUT2D eigenvalue weighted by Gasteiger charge is -2.63. The molecule has 0 radical (unpaired) electrons. The highest BCUT2D eigenvalue weighted by molar-refractivity contribution is 6.74. The summed E-state index contributed by atoms with van der Waals surface area (Å²) in [5, 5.41) is 0.0113. The third-order valence-electron chi connectivity index (χ3n) is 11.4. The van der Waals surface area contributed by atoms with Gasteiger partial charge in [0.25, 0.3) is 8.32 Å². The molecule has 228 valence electrons. The Hall–Kier alpha value is -2.90. The van der Waals surface area contributed by atoms with Crippen molar-refractivity contribution in [3.63, 3.8) is 0 Å². The van der Waals surface area contributed by atoms with Crippen molar-refractivity contribution in [3.05, 3.63) is 64.7 Å². The molecule has 3 aliphatic carbocycles. The number of carbonyl (C=O) groups excluding carboxylic acids is 2. The number of ketones is 1. The van der Waals surface area contributed by atoms with Crippen LogP contribution >= 0.6 is 0 Å². The van der Waals surface area contributed by atoms with Crippen molar-refractivity contribution in [1.29, 1.82) is 0 Å². The van der Waals surface area contributed by atoms with Crippen LogP contribution in [-0.4, -0.2) is 55.8 Å². The first-order valence-corrected chi connectivity index (χ1v) is 19.0. The Morgan fingerprint density at radius 3 is 2.56 bits per heavy atom. The van der Waals surface area contributed by atoms with Gasteiger partial charge in [-0.05, 0) is 92.9 Å². The highest BCUT2D eigenvalue weighted by atomic mass is 28.4. The predicted octanol–water partition coefficient (Wildman–Crippen LogP) is 6.78. The second kappa shape index (κ2) is 9.80. The molecule has 2 bridgehead atoms. The van der Waals surface area contributed by atoms with E-state index in [2.05, 4.69) is 57.8 Å². The molecule has 3 fully saturated rings. The summed E-state index contributed by atoms with van der Waals surface area (Å²) in [6.07, 6.45) is 7.62. The van der Waals surface area contributed by atoms with Gasteiger partial charge in [0.05, 0.1) is 11.5 Å². The minimum Gasteiger partial charge on any atom is -0.541 e. The van der Waals surface area contributed by atoms with Crippen LogP contribution in [0, 0.1) is 12.8 Å². The summed E-state index contributed by atoms with van der Waals surface area (Å²) < 4.78 is 20.4. The van der Waals surface area contributed by atoms with Crippen molar-refractivity contribution < 1.29 is 23.5 Å². The molecule has 0 N–H and O–H groups in total. The molecular formula is C36H45NO5Si. The minimum absolute atomic E-state index is 0.00313. The van der Waals surface area contributed by atoms with Crippen LogP contribution in [0.2, 0.25) is 18.1 Å². The Balaban J connectivity index is 1.33. The number of hydrogen-bond donors (Lipinski definition) is 0. The van der Waals surface area contributed by atoms with Gasteiger partial charge in [0, 0.05) is 24.6 Å². The van der Waals surface area contributed by atoms with E-state index in [1.165, 1.54) is 24.0 Å². The summed E-state index contributed by atoms with van der Waals surface area (Å²) in [5.41, 5.74) is 2.85. The van der Waals surface area contributed by atoms with Crippen LogP contribution in [0.15, 0.2) is 42.5 Å². The molecule has 4 atom stereocenters. The van der Waals surface area contributed by atoms with Gasteiger partial charge in [0.2, 0.25) is 0 Å². The van der Waals surface area contributed by atoms with Crippen LogP contribution < -0.4 is 9.16 Å². The second-order valence-corrected chi connectivity index (χ2v) is 19.9. The number of ether oxygens (including phenoxy) is 2. The number of esters is 1. The van der Waals surface area contributed by atoms with Crippen LogP contribution in [0.5, 0.6) is 11.5 Å². The topological polar surface area (TPSA) is 65.1 Å². The van der Waals surface area contributed by atoms with E-state index in [0.29, 0.717) is 24.5 Å². The van der Waals surface area contributed by atoms with E-state index < -0.39 is 25.4 Å². The molecule has 2 aliphatic heterocycles. The number of benzene rings is 2. The number of nitrogens with zero attached hydrogens (tertiary/aromatic N) is 1. The normalized spacial score (nSPS) is 29.8. The maximum absolute atomic E-state index is 13.8. The number of likely N-dealkylation sites (tertiary alicyclic amines) is 1. The van der Waals surface area contributed by atoms with Crippen molar-refractivity contribution >= 4 is 26.1 Å². The van der Waals surface area contributed by atoms with Crippen molar-refractivity contribution in [2.24, 2.45) is 5.92 Å².